The van der Waals surface area contributed by atoms with Gasteiger partial charge in [-0.2, -0.15) is 0 Å². The monoisotopic (exact) mass is 257 g/mol. The van der Waals surface area contributed by atoms with Gasteiger partial charge in [-0.3, -0.25) is 0 Å². The zero-order chi connectivity index (χ0) is 11.8. The fraction of sp³-hybridized carbons (Fsp3) is 0.273. The summed E-state index contributed by atoms with van der Waals surface area (Å²) in [6.07, 6.45) is 1.40. The van der Waals surface area contributed by atoms with Crippen molar-refractivity contribution in [3.05, 3.63) is 34.2 Å². The molecule has 1 heterocycles. The predicted octanol–water partition coefficient (Wildman–Crippen LogP) is 2.21. The molecule has 0 atom stereocenters. The zero-order valence-electron chi connectivity index (χ0n) is 8.61. The maximum absolute atomic E-state index is 11.8. The van der Waals surface area contributed by atoms with Crippen molar-refractivity contribution in [1.29, 1.82) is 0 Å². The average molecular weight is 258 g/mol. The fourth-order valence-electron chi connectivity index (χ4n) is 1.84. The molecule has 2 N–H and O–H groups in total. The number of fused-ring (bicyclic) bond motifs is 1. The van der Waals surface area contributed by atoms with E-state index in [1.807, 2.05) is 0 Å². The Balaban J connectivity index is 2.53. The number of hydrogen-bond donors (Lipinski definition) is 1. The molecule has 0 aliphatic carbocycles. The Labute approximate surface area is 99.8 Å². The summed E-state index contributed by atoms with van der Waals surface area (Å²) in [7, 11) is -3.29. The van der Waals surface area contributed by atoms with Crippen LogP contribution in [-0.2, 0) is 9.84 Å². The van der Waals surface area contributed by atoms with Gasteiger partial charge in [0, 0.05) is 16.0 Å². The van der Waals surface area contributed by atoms with Crippen LogP contribution < -0.4 is 5.73 Å². The maximum Gasteiger partial charge on any atom is 0.200 e. The average Bonchev–Trinajstić information content (AvgIpc) is 2.49. The van der Waals surface area contributed by atoms with Crippen LogP contribution in [0.25, 0.3) is 5.57 Å². The first kappa shape index (κ1) is 11.6. The number of allylic oxidation sites excluding steroid dienone is 1. The molecule has 0 unspecified atom stereocenters. The molecule has 0 radical (unpaired) electrons. The van der Waals surface area contributed by atoms with Gasteiger partial charge in [0.2, 0.25) is 9.84 Å². The van der Waals surface area contributed by atoms with Crippen molar-refractivity contribution in [1.82, 2.24) is 0 Å². The third-order valence-corrected chi connectivity index (χ3v) is 4.41. The Morgan fingerprint density at radius 1 is 1.31 bits per heavy atom. The number of benzene rings is 1. The van der Waals surface area contributed by atoms with Crippen LogP contribution in [0.2, 0.25) is 5.02 Å². The largest absolute Gasteiger partial charge is 0.330 e. The second kappa shape index (κ2) is 4.20. The summed E-state index contributed by atoms with van der Waals surface area (Å²) in [4.78, 5) is 0.312. The van der Waals surface area contributed by atoms with Gasteiger partial charge in [-0.25, -0.2) is 8.42 Å². The number of rotatable bonds is 3. The maximum atomic E-state index is 11.8. The lowest BCUT2D eigenvalue weighted by atomic mass is 10.0. The molecule has 0 fully saturated rings. The highest BCUT2D eigenvalue weighted by Gasteiger charge is 2.27. The van der Waals surface area contributed by atoms with Crippen LogP contribution in [0.4, 0.5) is 0 Å². The lowest BCUT2D eigenvalue weighted by Crippen LogP contribution is -1.98. The minimum absolute atomic E-state index is 0.312. The second-order valence-corrected chi connectivity index (χ2v) is 5.87. The van der Waals surface area contributed by atoms with E-state index in [0.29, 0.717) is 28.4 Å². The van der Waals surface area contributed by atoms with Gasteiger partial charge in [0.05, 0.1) is 4.90 Å². The molecule has 86 valence electrons. The van der Waals surface area contributed by atoms with Crippen LogP contribution >= 0.6 is 11.6 Å². The van der Waals surface area contributed by atoms with E-state index in [1.165, 1.54) is 5.41 Å². The van der Waals surface area contributed by atoms with Gasteiger partial charge in [-0.15, -0.1) is 0 Å². The molecule has 0 amide bonds. The van der Waals surface area contributed by atoms with Crippen molar-refractivity contribution < 1.29 is 8.42 Å². The standard InChI is InChI=1S/C11H12ClNO2S/c12-9-4-1-5-10-11(9)8(3-2-6-13)7-16(10,14)15/h1,4-5,7H,2-3,6,13H2. The molecule has 2 rings (SSSR count). The molecular weight excluding hydrogens is 246 g/mol. The van der Waals surface area contributed by atoms with E-state index in [2.05, 4.69) is 0 Å². The van der Waals surface area contributed by atoms with E-state index >= 15 is 0 Å². The van der Waals surface area contributed by atoms with E-state index in [4.69, 9.17) is 17.3 Å². The van der Waals surface area contributed by atoms with Crippen LogP contribution in [0.5, 0.6) is 0 Å². The minimum atomic E-state index is -3.29. The number of hydrogen-bond acceptors (Lipinski definition) is 3. The number of halogens is 1. The summed E-state index contributed by atoms with van der Waals surface area (Å²) < 4.78 is 23.6. The molecule has 0 bridgehead atoms. The minimum Gasteiger partial charge on any atom is -0.330 e. The summed E-state index contributed by atoms with van der Waals surface area (Å²) in [6.45, 7) is 0.539. The molecule has 0 spiro atoms. The molecule has 5 heteroatoms. The lowest BCUT2D eigenvalue weighted by molar-refractivity contribution is 0.605. The highest BCUT2D eigenvalue weighted by molar-refractivity contribution is 7.95. The molecule has 0 saturated heterocycles. The second-order valence-electron chi connectivity index (χ2n) is 3.69. The van der Waals surface area contributed by atoms with Gasteiger partial charge in [-0.05, 0) is 37.1 Å². The van der Waals surface area contributed by atoms with Crippen molar-refractivity contribution in [3.63, 3.8) is 0 Å². The normalized spacial score (nSPS) is 17.0. The van der Waals surface area contributed by atoms with Crippen LogP contribution in [0.1, 0.15) is 18.4 Å². The summed E-state index contributed by atoms with van der Waals surface area (Å²) in [6, 6.07) is 4.94. The van der Waals surface area contributed by atoms with Gasteiger partial charge in [0.25, 0.3) is 0 Å². The van der Waals surface area contributed by atoms with Crippen molar-refractivity contribution in [2.75, 3.05) is 6.54 Å². The van der Waals surface area contributed by atoms with E-state index in [1.54, 1.807) is 18.2 Å². The van der Waals surface area contributed by atoms with Crippen LogP contribution in [0, 0.1) is 0 Å². The molecule has 16 heavy (non-hydrogen) atoms. The molecule has 1 aliphatic heterocycles. The summed E-state index contributed by atoms with van der Waals surface area (Å²) >= 11 is 6.03. The van der Waals surface area contributed by atoms with E-state index in [9.17, 15) is 8.42 Å². The van der Waals surface area contributed by atoms with E-state index < -0.39 is 9.84 Å². The fourth-order valence-corrected chi connectivity index (χ4v) is 3.72. The van der Waals surface area contributed by atoms with Gasteiger partial charge in [0.15, 0.2) is 0 Å². The molecule has 3 nitrogen and oxygen atoms in total. The van der Waals surface area contributed by atoms with Gasteiger partial charge >= 0.3 is 0 Å². The molecular formula is C11H12ClNO2S. The Kier molecular flexibility index (Phi) is 3.06. The molecule has 0 saturated carbocycles. The van der Waals surface area contributed by atoms with Gasteiger partial charge < -0.3 is 5.73 Å². The first-order valence-corrected chi connectivity index (χ1v) is 6.93. The Hall–Kier alpha value is -0.840. The molecule has 1 aliphatic rings. The van der Waals surface area contributed by atoms with Crippen LogP contribution in [0.15, 0.2) is 28.5 Å². The highest BCUT2D eigenvalue weighted by Crippen LogP contribution is 2.39. The quantitative estimate of drug-likeness (QED) is 0.903. The lowest BCUT2D eigenvalue weighted by Gasteiger charge is -2.05. The van der Waals surface area contributed by atoms with E-state index in [-0.39, 0.29) is 0 Å². The van der Waals surface area contributed by atoms with Gasteiger partial charge in [-0.1, -0.05) is 17.7 Å². The zero-order valence-corrected chi connectivity index (χ0v) is 10.2. The van der Waals surface area contributed by atoms with Crippen molar-refractivity contribution in [3.8, 4) is 0 Å². The smallest absolute Gasteiger partial charge is 0.200 e. The Morgan fingerprint density at radius 3 is 2.75 bits per heavy atom. The summed E-state index contributed by atoms with van der Waals surface area (Å²) in [5.41, 5.74) is 6.84. The summed E-state index contributed by atoms with van der Waals surface area (Å²) in [5, 5.41) is 1.79. The third-order valence-electron chi connectivity index (χ3n) is 2.55. The number of sulfone groups is 1. The van der Waals surface area contributed by atoms with Crippen molar-refractivity contribution in [2.45, 2.75) is 17.7 Å². The molecule has 1 aromatic carbocycles. The van der Waals surface area contributed by atoms with Crippen molar-refractivity contribution in [2.24, 2.45) is 5.73 Å². The SMILES string of the molecule is NCCCC1=CS(=O)(=O)c2cccc(Cl)c21. The number of nitrogens with two attached hydrogens (primary N) is 1. The first-order valence-electron chi connectivity index (χ1n) is 5.01. The topological polar surface area (TPSA) is 60.2 Å². The first-order chi connectivity index (χ1) is 7.56. The van der Waals surface area contributed by atoms with Crippen LogP contribution in [0.3, 0.4) is 0 Å². The summed E-state index contributed by atoms with van der Waals surface area (Å²) in [5.74, 6) is 0. The highest BCUT2D eigenvalue weighted by atomic mass is 35.5. The van der Waals surface area contributed by atoms with Crippen LogP contribution in [-0.4, -0.2) is 15.0 Å². The molecule has 0 aromatic heterocycles. The predicted molar refractivity (Wildman–Crippen MR) is 64.9 cm³/mol. The Bertz CT molecular complexity index is 549. The third kappa shape index (κ3) is 1.88. The Morgan fingerprint density at radius 2 is 2.06 bits per heavy atom. The van der Waals surface area contributed by atoms with Gasteiger partial charge in [0.1, 0.15) is 0 Å². The molecule has 1 aromatic rings. The van der Waals surface area contributed by atoms with E-state index in [0.717, 1.165) is 12.0 Å². The van der Waals surface area contributed by atoms with Crippen molar-refractivity contribution >= 4 is 27.0 Å².